The minimum absolute atomic E-state index is 0.0410. The van der Waals surface area contributed by atoms with Crippen LogP contribution in [0.5, 0.6) is 0 Å². The first-order valence-electron chi connectivity index (χ1n) is 7.84. The molecule has 0 bridgehead atoms. The molecule has 0 aliphatic heterocycles. The molecule has 0 radical (unpaired) electrons. The lowest BCUT2D eigenvalue weighted by molar-refractivity contribution is -0.123. The Hall–Kier alpha value is -2.14. The largest absolute Gasteiger partial charge is 0.354 e. The molecular weight excluding hydrogens is 288 g/mol. The van der Waals surface area contributed by atoms with Crippen molar-refractivity contribution in [2.75, 3.05) is 13.6 Å². The van der Waals surface area contributed by atoms with Crippen LogP contribution in [0.4, 0.5) is 0 Å². The molecule has 0 spiro atoms. The lowest BCUT2D eigenvalue weighted by Gasteiger charge is -2.27. The lowest BCUT2D eigenvalue weighted by atomic mass is 9.84. The maximum absolute atomic E-state index is 12.5. The average Bonchev–Trinajstić information content (AvgIpc) is 2.93. The monoisotopic (exact) mass is 314 g/mol. The summed E-state index contributed by atoms with van der Waals surface area (Å²) in [6.45, 7) is 6.92. The second-order valence-corrected chi connectivity index (χ2v) is 6.64. The van der Waals surface area contributed by atoms with Gasteiger partial charge in [-0.15, -0.1) is 0 Å². The van der Waals surface area contributed by atoms with Gasteiger partial charge in [-0.1, -0.05) is 43.7 Å². The summed E-state index contributed by atoms with van der Waals surface area (Å²) in [5.74, 6) is -0.0410. The number of hydrogen-bond donors (Lipinski definition) is 2. The maximum Gasteiger partial charge on any atom is 0.241 e. The number of nitrogens with one attached hydrogen (secondary N) is 2. The van der Waals surface area contributed by atoms with Gasteiger partial charge in [-0.05, 0) is 19.5 Å². The molecule has 0 saturated carbocycles. The van der Waals surface area contributed by atoms with Crippen LogP contribution < -0.4 is 10.6 Å². The highest BCUT2D eigenvalue weighted by atomic mass is 16.2. The third-order valence-electron chi connectivity index (χ3n) is 4.15. The van der Waals surface area contributed by atoms with Crippen LogP contribution in [0.25, 0.3) is 0 Å². The van der Waals surface area contributed by atoms with E-state index in [0.717, 1.165) is 5.56 Å². The Morgan fingerprint density at radius 3 is 2.48 bits per heavy atom. The van der Waals surface area contributed by atoms with Crippen LogP contribution in [0.3, 0.4) is 0 Å². The summed E-state index contributed by atoms with van der Waals surface area (Å²) < 4.78 is 1.70. The van der Waals surface area contributed by atoms with E-state index in [1.54, 1.807) is 17.9 Å². The van der Waals surface area contributed by atoms with Gasteiger partial charge in [0.2, 0.25) is 5.91 Å². The maximum atomic E-state index is 12.5. The highest BCUT2D eigenvalue weighted by Crippen LogP contribution is 2.23. The van der Waals surface area contributed by atoms with Crippen LogP contribution in [0, 0.1) is 6.92 Å². The summed E-state index contributed by atoms with van der Waals surface area (Å²) >= 11 is 0. The van der Waals surface area contributed by atoms with Gasteiger partial charge in [0.05, 0.1) is 6.20 Å². The van der Waals surface area contributed by atoms with Gasteiger partial charge in [-0.25, -0.2) is 0 Å². The van der Waals surface area contributed by atoms with Gasteiger partial charge in [-0.3, -0.25) is 9.48 Å². The van der Waals surface area contributed by atoms with Gasteiger partial charge in [-0.2, -0.15) is 5.10 Å². The van der Waals surface area contributed by atoms with Gasteiger partial charge in [0.15, 0.2) is 0 Å². The Morgan fingerprint density at radius 2 is 1.96 bits per heavy atom. The van der Waals surface area contributed by atoms with Crippen molar-refractivity contribution in [2.45, 2.75) is 32.2 Å². The van der Waals surface area contributed by atoms with Crippen LogP contribution in [-0.4, -0.2) is 29.3 Å². The van der Waals surface area contributed by atoms with Crippen molar-refractivity contribution < 1.29 is 4.79 Å². The number of aromatic nitrogens is 2. The van der Waals surface area contributed by atoms with Crippen molar-refractivity contribution in [1.29, 1.82) is 0 Å². The van der Waals surface area contributed by atoms with Crippen molar-refractivity contribution in [1.82, 2.24) is 20.4 Å². The van der Waals surface area contributed by atoms with Crippen molar-refractivity contribution >= 4 is 5.91 Å². The molecule has 1 unspecified atom stereocenters. The Balaban J connectivity index is 2.03. The van der Waals surface area contributed by atoms with Crippen molar-refractivity contribution in [3.63, 3.8) is 0 Å². The number of carbonyl (C=O) groups excluding carboxylic acids is 1. The van der Waals surface area contributed by atoms with E-state index in [9.17, 15) is 4.79 Å². The Labute approximate surface area is 138 Å². The molecule has 0 aliphatic carbocycles. The molecule has 0 fully saturated rings. The lowest BCUT2D eigenvalue weighted by Crippen LogP contribution is -2.42. The van der Waals surface area contributed by atoms with Gasteiger partial charge in [0.1, 0.15) is 6.04 Å². The summed E-state index contributed by atoms with van der Waals surface area (Å²) in [5.41, 5.74) is 3.18. The fourth-order valence-electron chi connectivity index (χ4n) is 2.56. The summed E-state index contributed by atoms with van der Waals surface area (Å²) in [4.78, 5) is 12.5. The Bertz CT molecular complexity index is 658. The van der Waals surface area contributed by atoms with Crippen molar-refractivity contribution in [2.24, 2.45) is 7.05 Å². The number of nitrogens with zero attached hydrogens (tertiary/aromatic N) is 2. The third-order valence-corrected chi connectivity index (χ3v) is 4.15. The Morgan fingerprint density at radius 1 is 1.30 bits per heavy atom. The van der Waals surface area contributed by atoms with E-state index in [0.29, 0.717) is 6.54 Å². The predicted molar refractivity (Wildman–Crippen MR) is 92.2 cm³/mol. The smallest absolute Gasteiger partial charge is 0.241 e. The van der Waals surface area contributed by atoms with Crippen LogP contribution in [0.1, 0.15) is 36.6 Å². The molecule has 2 aromatic rings. The molecule has 2 N–H and O–H groups in total. The number of aryl methyl sites for hydroxylation is 2. The van der Waals surface area contributed by atoms with Gasteiger partial charge >= 0.3 is 0 Å². The van der Waals surface area contributed by atoms with E-state index < -0.39 is 6.04 Å². The SMILES string of the molecule is CNC(C(=O)NCC(C)(C)c1ccc(C)cc1)c1cnn(C)c1. The normalized spacial score (nSPS) is 12.9. The molecule has 0 aliphatic rings. The zero-order valence-electron chi connectivity index (χ0n) is 14.6. The third kappa shape index (κ3) is 4.20. The molecule has 1 aromatic carbocycles. The van der Waals surface area contributed by atoms with E-state index >= 15 is 0 Å². The number of carbonyl (C=O) groups is 1. The van der Waals surface area contributed by atoms with Gasteiger partial charge < -0.3 is 10.6 Å². The first-order valence-corrected chi connectivity index (χ1v) is 7.84. The molecule has 1 amide bonds. The van der Waals surface area contributed by atoms with E-state index in [1.165, 1.54) is 11.1 Å². The van der Waals surface area contributed by atoms with E-state index in [-0.39, 0.29) is 11.3 Å². The molecule has 124 valence electrons. The minimum atomic E-state index is -0.391. The summed E-state index contributed by atoms with van der Waals surface area (Å²) in [6.07, 6.45) is 3.57. The van der Waals surface area contributed by atoms with E-state index in [4.69, 9.17) is 0 Å². The summed E-state index contributed by atoms with van der Waals surface area (Å²) in [5, 5.41) is 10.2. The average molecular weight is 314 g/mol. The molecule has 23 heavy (non-hydrogen) atoms. The summed E-state index contributed by atoms with van der Waals surface area (Å²) in [6, 6.07) is 8.06. The topological polar surface area (TPSA) is 59.0 Å². The zero-order chi connectivity index (χ0) is 17.0. The number of amides is 1. The van der Waals surface area contributed by atoms with Crippen LogP contribution in [-0.2, 0) is 17.3 Å². The first-order chi connectivity index (χ1) is 10.8. The molecular formula is C18H26N4O. The molecule has 0 saturated heterocycles. The minimum Gasteiger partial charge on any atom is -0.354 e. The van der Waals surface area contributed by atoms with Crippen LogP contribution in [0.2, 0.25) is 0 Å². The highest BCUT2D eigenvalue weighted by Gasteiger charge is 2.25. The van der Waals surface area contributed by atoms with E-state index in [1.807, 2.05) is 13.2 Å². The highest BCUT2D eigenvalue weighted by molar-refractivity contribution is 5.83. The number of rotatable bonds is 6. The predicted octanol–water partition coefficient (Wildman–Crippen LogP) is 2.08. The second-order valence-electron chi connectivity index (χ2n) is 6.64. The quantitative estimate of drug-likeness (QED) is 0.858. The fraction of sp³-hybridized carbons (Fsp3) is 0.444. The standard InChI is InChI=1S/C18H26N4O/c1-13-6-8-15(9-7-13)18(2,3)12-20-17(23)16(19-4)14-10-21-22(5)11-14/h6-11,16,19H,12H2,1-5H3,(H,20,23). The number of likely N-dealkylation sites (N-methyl/N-ethyl adjacent to an activating group) is 1. The van der Waals surface area contributed by atoms with Crippen LogP contribution >= 0.6 is 0 Å². The number of benzene rings is 1. The second kappa shape index (κ2) is 6.96. The Kier molecular flexibility index (Phi) is 5.21. The zero-order valence-corrected chi connectivity index (χ0v) is 14.6. The number of hydrogen-bond acceptors (Lipinski definition) is 3. The first kappa shape index (κ1) is 17.2. The summed E-state index contributed by atoms with van der Waals surface area (Å²) in [7, 11) is 3.62. The molecule has 2 rings (SSSR count). The van der Waals surface area contributed by atoms with Crippen LogP contribution in [0.15, 0.2) is 36.7 Å². The molecule has 5 heteroatoms. The molecule has 1 aromatic heterocycles. The fourth-order valence-corrected chi connectivity index (χ4v) is 2.56. The van der Waals surface area contributed by atoms with E-state index in [2.05, 4.69) is 60.8 Å². The van der Waals surface area contributed by atoms with Gasteiger partial charge in [0.25, 0.3) is 0 Å². The van der Waals surface area contributed by atoms with Crippen molar-refractivity contribution in [3.8, 4) is 0 Å². The van der Waals surface area contributed by atoms with Gasteiger partial charge in [0, 0.05) is 30.8 Å². The molecule has 1 atom stereocenters. The van der Waals surface area contributed by atoms with Crippen molar-refractivity contribution in [3.05, 3.63) is 53.3 Å². The molecule has 5 nitrogen and oxygen atoms in total. The molecule has 1 heterocycles.